The van der Waals surface area contributed by atoms with Gasteiger partial charge in [0.25, 0.3) is 0 Å². The van der Waals surface area contributed by atoms with Gasteiger partial charge in [0.1, 0.15) is 0 Å². The Balaban J connectivity index is 1.92. The maximum Gasteiger partial charge on any atom is 0.335 e. The molecular formula is C21H19IN2O2. The summed E-state index contributed by atoms with van der Waals surface area (Å²) in [5.41, 5.74) is 6.69. The highest BCUT2D eigenvalue weighted by Gasteiger charge is 2.10. The Kier molecular flexibility index (Phi) is 5.27. The maximum absolute atomic E-state index is 10.9. The Morgan fingerprint density at radius 2 is 1.77 bits per heavy atom. The number of aryl methyl sites for hydroxylation is 2. The van der Waals surface area contributed by atoms with E-state index in [2.05, 4.69) is 77.2 Å². The zero-order chi connectivity index (χ0) is 18.8. The summed E-state index contributed by atoms with van der Waals surface area (Å²) in [5, 5.41) is 8.96. The number of carbonyl (C=O) groups is 1. The van der Waals surface area contributed by atoms with Gasteiger partial charge in [-0.2, -0.15) is 0 Å². The molecule has 1 heterocycles. The highest BCUT2D eigenvalue weighted by atomic mass is 127. The van der Waals surface area contributed by atoms with Crippen LogP contribution in [-0.4, -0.2) is 21.9 Å². The molecule has 132 valence electrons. The van der Waals surface area contributed by atoms with Gasteiger partial charge < -0.3 is 9.67 Å². The molecule has 0 saturated carbocycles. The van der Waals surface area contributed by atoms with E-state index in [-0.39, 0.29) is 5.56 Å². The van der Waals surface area contributed by atoms with E-state index in [1.54, 1.807) is 24.3 Å². The van der Waals surface area contributed by atoms with E-state index >= 15 is 0 Å². The van der Waals surface area contributed by atoms with Gasteiger partial charge in [-0.1, -0.05) is 0 Å². The van der Waals surface area contributed by atoms with Crippen molar-refractivity contribution in [3.63, 3.8) is 0 Å². The number of nitrogens with zero attached hydrogens (tertiary/aromatic N) is 2. The zero-order valence-corrected chi connectivity index (χ0v) is 17.0. The largest absolute Gasteiger partial charge is 0.478 e. The molecule has 0 aliphatic heterocycles. The summed E-state index contributed by atoms with van der Waals surface area (Å²) >= 11 is 2.34. The standard InChI is InChI=1S/C21H19IN2O2/c1-13-10-19(8-9-20(13)22)24-14(2)11-17(15(24)3)12-23-18-6-4-16(5-7-18)21(25)26/h4-12H,1-3H3,(H,25,26). The number of aromatic nitrogens is 1. The molecule has 0 unspecified atom stereocenters. The number of benzene rings is 2. The van der Waals surface area contributed by atoms with Crippen LogP contribution < -0.4 is 0 Å². The smallest absolute Gasteiger partial charge is 0.335 e. The molecule has 2 aromatic carbocycles. The SMILES string of the molecule is Cc1cc(-n2c(C)cc(C=Nc3ccc(C(=O)O)cc3)c2C)ccc1I. The second-order valence-electron chi connectivity index (χ2n) is 6.21. The molecule has 26 heavy (non-hydrogen) atoms. The quantitative estimate of drug-likeness (QED) is 0.417. The molecule has 3 rings (SSSR count). The van der Waals surface area contributed by atoms with Crippen molar-refractivity contribution >= 4 is 40.5 Å². The van der Waals surface area contributed by atoms with Crippen LogP contribution in [-0.2, 0) is 0 Å². The van der Waals surface area contributed by atoms with E-state index in [1.807, 2.05) is 6.21 Å². The minimum atomic E-state index is -0.933. The first kappa shape index (κ1) is 18.4. The molecule has 0 saturated heterocycles. The number of aromatic carboxylic acids is 1. The lowest BCUT2D eigenvalue weighted by atomic mass is 10.2. The summed E-state index contributed by atoms with van der Waals surface area (Å²) in [6.45, 7) is 6.27. The second kappa shape index (κ2) is 7.45. The summed E-state index contributed by atoms with van der Waals surface area (Å²) in [7, 11) is 0. The van der Waals surface area contributed by atoms with Crippen LogP contribution in [0.3, 0.4) is 0 Å². The monoisotopic (exact) mass is 458 g/mol. The molecule has 4 nitrogen and oxygen atoms in total. The number of carboxylic acids is 1. The van der Waals surface area contributed by atoms with Crippen molar-refractivity contribution in [3.8, 4) is 5.69 Å². The maximum atomic E-state index is 10.9. The van der Waals surface area contributed by atoms with Crippen LogP contribution in [0, 0.1) is 24.3 Å². The molecule has 3 aromatic rings. The number of rotatable bonds is 4. The normalized spacial score (nSPS) is 11.2. The van der Waals surface area contributed by atoms with Gasteiger partial charge in [0, 0.05) is 32.4 Å². The number of hydrogen-bond donors (Lipinski definition) is 1. The fourth-order valence-electron chi connectivity index (χ4n) is 2.92. The van der Waals surface area contributed by atoms with Crippen molar-refractivity contribution in [2.45, 2.75) is 20.8 Å². The Bertz CT molecular complexity index is 1000. The summed E-state index contributed by atoms with van der Waals surface area (Å²) in [5.74, 6) is -0.933. The highest BCUT2D eigenvalue weighted by molar-refractivity contribution is 14.1. The van der Waals surface area contributed by atoms with Crippen LogP contribution in [0.2, 0.25) is 0 Å². The summed E-state index contributed by atoms with van der Waals surface area (Å²) in [6, 6.07) is 15.1. The third-order valence-electron chi connectivity index (χ3n) is 4.34. The van der Waals surface area contributed by atoms with E-state index in [0.29, 0.717) is 0 Å². The van der Waals surface area contributed by atoms with Gasteiger partial charge in [0.2, 0.25) is 0 Å². The molecule has 1 N–H and O–H groups in total. The minimum absolute atomic E-state index is 0.260. The molecule has 1 aromatic heterocycles. The Hall–Kier alpha value is -2.41. The van der Waals surface area contributed by atoms with Crippen molar-refractivity contribution in [1.82, 2.24) is 4.57 Å². The number of carboxylic acid groups (broad SMARTS) is 1. The van der Waals surface area contributed by atoms with Gasteiger partial charge in [-0.3, -0.25) is 4.99 Å². The van der Waals surface area contributed by atoms with Gasteiger partial charge >= 0.3 is 5.97 Å². The summed E-state index contributed by atoms with van der Waals surface area (Å²) in [6.07, 6.45) is 1.83. The fraction of sp³-hybridized carbons (Fsp3) is 0.143. The fourth-order valence-corrected chi connectivity index (χ4v) is 3.25. The van der Waals surface area contributed by atoms with E-state index < -0.39 is 5.97 Å². The predicted molar refractivity (Wildman–Crippen MR) is 113 cm³/mol. The number of aliphatic imine (C=N–C) groups is 1. The molecule has 0 fully saturated rings. The van der Waals surface area contributed by atoms with Crippen molar-refractivity contribution < 1.29 is 9.90 Å². The topological polar surface area (TPSA) is 54.6 Å². The van der Waals surface area contributed by atoms with E-state index in [4.69, 9.17) is 5.11 Å². The molecule has 0 bridgehead atoms. The lowest BCUT2D eigenvalue weighted by molar-refractivity contribution is 0.0697. The highest BCUT2D eigenvalue weighted by Crippen LogP contribution is 2.23. The first-order valence-corrected chi connectivity index (χ1v) is 9.27. The lowest BCUT2D eigenvalue weighted by Gasteiger charge is -2.11. The zero-order valence-electron chi connectivity index (χ0n) is 14.8. The minimum Gasteiger partial charge on any atom is -0.478 e. The third kappa shape index (κ3) is 3.72. The Morgan fingerprint density at radius 1 is 1.08 bits per heavy atom. The van der Waals surface area contributed by atoms with Crippen LogP contribution in [0.5, 0.6) is 0 Å². The van der Waals surface area contributed by atoms with Crippen molar-refractivity contribution in [2.75, 3.05) is 0 Å². The molecule has 0 amide bonds. The third-order valence-corrected chi connectivity index (χ3v) is 5.55. The molecule has 0 spiro atoms. The first-order chi connectivity index (χ1) is 12.4. The van der Waals surface area contributed by atoms with Crippen molar-refractivity contribution in [2.24, 2.45) is 4.99 Å². The van der Waals surface area contributed by atoms with Crippen LogP contribution >= 0.6 is 22.6 Å². The lowest BCUT2D eigenvalue weighted by Crippen LogP contribution is -2.00. The van der Waals surface area contributed by atoms with Gasteiger partial charge in [-0.25, -0.2) is 4.79 Å². The molecule has 0 aliphatic carbocycles. The van der Waals surface area contributed by atoms with Crippen LogP contribution in [0.4, 0.5) is 5.69 Å². The number of halogens is 1. The van der Waals surface area contributed by atoms with Gasteiger partial charge in [-0.05, 0) is 97.5 Å². The van der Waals surface area contributed by atoms with Gasteiger partial charge in [0.05, 0.1) is 11.3 Å². The van der Waals surface area contributed by atoms with Gasteiger partial charge in [-0.15, -0.1) is 0 Å². The first-order valence-electron chi connectivity index (χ1n) is 8.19. The molecular weight excluding hydrogens is 439 g/mol. The molecule has 0 radical (unpaired) electrons. The Morgan fingerprint density at radius 3 is 2.38 bits per heavy atom. The molecule has 0 atom stereocenters. The Labute approximate surface area is 166 Å². The van der Waals surface area contributed by atoms with Crippen molar-refractivity contribution in [3.05, 3.63) is 80.2 Å². The van der Waals surface area contributed by atoms with Crippen molar-refractivity contribution in [1.29, 1.82) is 0 Å². The molecule has 0 aliphatic rings. The second-order valence-corrected chi connectivity index (χ2v) is 7.37. The molecule has 5 heteroatoms. The van der Waals surface area contributed by atoms with Crippen LogP contribution in [0.15, 0.2) is 53.5 Å². The summed E-state index contributed by atoms with van der Waals surface area (Å²) < 4.78 is 3.47. The average Bonchev–Trinajstić information content (AvgIpc) is 2.90. The van der Waals surface area contributed by atoms with E-state index in [1.165, 1.54) is 9.13 Å². The van der Waals surface area contributed by atoms with E-state index in [0.717, 1.165) is 28.3 Å². The van der Waals surface area contributed by atoms with Crippen LogP contribution in [0.25, 0.3) is 5.69 Å². The summed E-state index contributed by atoms with van der Waals surface area (Å²) in [4.78, 5) is 15.4. The average molecular weight is 458 g/mol. The predicted octanol–water partition coefficient (Wildman–Crippen LogP) is 5.46. The number of hydrogen-bond acceptors (Lipinski definition) is 2. The van der Waals surface area contributed by atoms with Gasteiger partial charge in [0.15, 0.2) is 0 Å². The van der Waals surface area contributed by atoms with E-state index in [9.17, 15) is 4.79 Å². The van der Waals surface area contributed by atoms with Crippen LogP contribution in [0.1, 0.15) is 32.9 Å².